The van der Waals surface area contributed by atoms with Crippen LogP contribution < -0.4 is 0 Å². The van der Waals surface area contributed by atoms with Crippen LogP contribution in [0.4, 0.5) is 0 Å². The summed E-state index contributed by atoms with van der Waals surface area (Å²) in [5.41, 5.74) is 0. The Hall–Kier alpha value is -0.570. The first-order valence-electron chi connectivity index (χ1n) is 6.10. The minimum Gasteiger partial charge on any atom is -0.465 e. The molecular formula is C12H23NO2. The van der Waals surface area contributed by atoms with Crippen LogP contribution in [0.3, 0.4) is 0 Å². The van der Waals surface area contributed by atoms with Gasteiger partial charge in [-0.25, -0.2) is 0 Å². The molecule has 3 nitrogen and oxygen atoms in total. The lowest BCUT2D eigenvalue weighted by Gasteiger charge is -2.22. The number of carbonyl (C=O) groups excluding carboxylic acids is 1. The zero-order chi connectivity index (χ0) is 11.1. The Kier molecular flexibility index (Phi) is 5.69. The maximum absolute atomic E-state index is 11.4. The number of carbonyl (C=O) groups is 1. The van der Waals surface area contributed by atoms with Crippen LogP contribution in [0.15, 0.2) is 0 Å². The van der Waals surface area contributed by atoms with Crippen molar-refractivity contribution in [3.63, 3.8) is 0 Å². The molecule has 0 amide bonds. The average Bonchev–Trinajstić information content (AvgIpc) is 2.70. The van der Waals surface area contributed by atoms with E-state index in [4.69, 9.17) is 4.74 Å². The first-order valence-corrected chi connectivity index (χ1v) is 6.10. The van der Waals surface area contributed by atoms with Crippen LogP contribution in [0.1, 0.15) is 45.4 Å². The molecule has 0 unspecified atom stereocenters. The third-order valence-corrected chi connectivity index (χ3v) is 3.09. The summed E-state index contributed by atoms with van der Waals surface area (Å²) < 4.78 is 5.13. The number of ether oxygens (including phenoxy) is 1. The van der Waals surface area contributed by atoms with Crippen LogP contribution in [0.2, 0.25) is 0 Å². The van der Waals surface area contributed by atoms with Crippen LogP contribution >= 0.6 is 0 Å². The molecule has 0 atom stereocenters. The molecule has 3 heteroatoms. The highest BCUT2D eigenvalue weighted by Crippen LogP contribution is 2.21. The summed E-state index contributed by atoms with van der Waals surface area (Å²) in [5.74, 6) is -0.0714. The number of nitrogens with zero attached hydrogens (tertiary/aromatic N) is 1. The van der Waals surface area contributed by atoms with E-state index in [1.165, 1.54) is 25.7 Å². The monoisotopic (exact) mass is 213 g/mol. The second-order valence-electron chi connectivity index (χ2n) is 4.43. The third kappa shape index (κ3) is 4.65. The summed E-state index contributed by atoms with van der Waals surface area (Å²) in [6.45, 7) is 3.13. The summed E-state index contributed by atoms with van der Waals surface area (Å²) >= 11 is 0. The standard InChI is InChI=1S/C12H23NO2/c1-3-4-9-15-12(14)10-13(2)11-7-5-6-8-11/h11H,3-10H2,1-2H3. The van der Waals surface area contributed by atoms with Gasteiger partial charge in [0.05, 0.1) is 13.2 Å². The van der Waals surface area contributed by atoms with E-state index in [0.29, 0.717) is 19.2 Å². The van der Waals surface area contributed by atoms with Gasteiger partial charge in [-0.2, -0.15) is 0 Å². The Morgan fingerprint density at radius 2 is 2.07 bits per heavy atom. The molecular weight excluding hydrogens is 190 g/mol. The van der Waals surface area contributed by atoms with Gasteiger partial charge in [0.1, 0.15) is 0 Å². The number of likely N-dealkylation sites (N-methyl/N-ethyl adjacent to an activating group) is 1. The quantitative estimate of drug-likeness (QED) is 0.500. The zero-order valence-corrected chi connectivity index (χ0v) is 10.00. The van der Waals surface area contributed by atoms with Gasteiger partial charge in [-0.1, -0.05) is 26.2 Å². The van der Waals surface area contributed by atoms with Crippen LogP contribution in [0.5, 0.6) is 0 Å². The van der Waals surface area contributed by atoms with Crippen molar-refractivity contribution in [2.24, 2.45) is 0 Å². The number of unbranched alkanes of at least 4 members (excludes halogenated alkanes) is 1. The van der Waals surface area contributed by atoms with Crippen molar-refractivity contribution in [3.8, 4) is 0 Å². The van der Waals surface area contributed by atoms with E-state index in [1.807, 2.05) is 7.05 Å². The number of hydrogen-bond donors (Lipinski definition) is 0. The fraction of sp³-hybridized carbons (Fsp3) is 0.917. The Morgan fingerprint density at radius 1 is 1.40 bits per heavy atom. The lowest BCUT2D eigenvalue weighted by molar-refractivity contribution is -0.145. The molecule has 1 aliphatic rings. The summed E-state index contributed by atoms with van der Waals surface area (Å²) in [4.78, 5) is 13.6. The topological polar surface area (TPSA) is 29.5 Å². The Bertz CT molecular complexity index is 188. The summed E-state index contributed by atoms with van der Waals surface area (Å²) in [7, 11) is 2.02. The van der Waals surface area contributed by atoms with Crippen molar-refractivity contribution in [2.75, 3.05) is 20.2 Å². The van der Waals surface area contributed by atoms with Crippen molar-refractivity contribution in [2.45, 2.75) is 51.5 Å². The molecule has 0 spiro atoms. The largest absolute Gasteiger partial charge is 0.465 e. The van der Waals surface area contributed by atoms with Crippen LogP contribution in [0, 0.1) is 0 Å². The summed E-state index contributed by atoms with van der Waals surface area (Å²) in [6, 6.07) is 0.601. The van der Waals surface area contributed by atoms with Crippen molar-refractivity contribution in [1.82, 2.24) is 4.90 Å². The SMILES string of the molecule is CCCCOC(=O)CN(C)C1CCCC1. The number of esters is 1. The van der Waals surface area contributed by atoms with E-state index in [-0.39, 0.29) is 5.97 Å². The Labute approximate surface area is 92.8 Å². The van der Waals surface area contributed by atoms with Crippen LogP contribution in [-0.2, 0) is 9.53 Å². The number of rotatable bonds is 6. The molecule has 0 aliphatic heterocycles. The fourth-order valence-electron chi connectivity index (χ4n) is 2.05. The molecule has 0 bridgehead atoms. The van der Waals surface area contributed by atoms with Gasteiger partial charge in [0.15, 0.2) is 0 Å². The maximum Gasteiger partial charge on any atom is 0.320 e. The van der Waals surface area contributed by atoms with Gasteiger partial charge in [0, 0.05) is 6.04 Å². The molecule has 1 rings (SSSR count). The molecule has 0 radical (unpaired) electrons. The summed E-state index contributed by atoms with van der Waals surface area (Å²) in [6.07, 6.45) is 7.13. The van der Waals surface area contributed by atoms with E-state index in [1.54, 1.807) is 0 Å². The lowest BCUT2D eigenvalue weighted by atomic mass is 10.2. The third-order valence-electron chi connectivity index (χ3n) is 3.09. The second-order valence-corrected chi connectivity index (χ2v) is 4.43. The molecule has 0 N–H and O–H groups in total. The van der Waals surface area contributed by atoms with Gasteiger partial charge in [-0.3, -0.25) is 9.69 Å². The van der Waals surface area contributed by atoms with E-state index < -0.39 is 0 Å². The minimum absolute atomic E-state index is 0.0714. The fourth-order valence-corrected chi connectivity index (χ4v) is 2.05. The molecule has 88 valence electrons. The van der Waals surface area contributed by atoms with Gasteiger partial charge in [-0.05, 0) is 26.3 Å². The van der Waals surface area contributed by atoms with Crippen molar-refractivity contribution in [1.29, 1.82) is 0 Å². The molecule has 0 saturated heterocycles. The molecule has 0 aromatic heterocycles. The van der Waals surface area contributed by atoms with Crippen LogP contribution in [0.25, 0.3) is 0 Å². The van der Waals surface area contributed by atoms with Gasteiger partial charge >= 0.3 is 5.97 Å². The first-order chi connectivity index (χ1) is 7.24. The maximum atomic E-state index is 11.4. The lowest BCUT2D eigenvalue weighted by Crippen LogP contribution is -2.34. The van der Waals surface area contributed by atoms with Gasteiger partial charge < -0.3 is 4.74 Å². The van der Waals surface area contributed by atoms with Gasteiger partial charge in [0.25, 0.3) is 0 Å². The minimum atomic E-state index is -0.0714. The predicted octanol–water partition coefficient (Wildman–Crippen LogP) is 2.20. The highest BCUT2D eigenvalue weighted by molar-refractivity contribution is 5.71. The van der Waals surface area contributed by atoms with Crippen molar-refractivity contribution in [3.05, 3.63) is 0 Å². The normalized spacial score (nSPS) is 17.3. The molecule has 15 heavy (non-hydrogen) atoms. The molecule has 0 heterocycles. The summed E-state index contributed by atoms with van der Waals surface area (Å²) in [5, 5.41) is 0. The Morgan fingerprint density at radius 3 is 2.67 bits per heavy atom. The second kappa shape index (κ2) is 6.83. The average molecular weight is 213 g/mol. The highest BCUT2D eigenvalue weighted by atomic mass is 16.5. The highest BCUT2D eigenvalue weighted by Gasteiger charge is 2.21. The van der Waals surface area contributed by atoms with Gasteiger partial charge in [0.2, 0.25) is 0 Å². The van der Waals surface area contributed by atoms with E-state index in [9.17, 15) is 4.79 Å². The molecule has 1 aliphatic carbocycles. The van der Waals surface area contributed by atoms with Crippen molar-refractivity contribution < 1.29 is 9.53 Å². The van der Waals surface area contributed by atoms with Gasteiger partial charge in [-0.15, -0.1) is 0 Å². The predicted molar refractivity (Wildman–Crippen MR) is 60.8 cm³/mol. The molecule has 0 aromatic carbocycles. The van der Waals surface area contributed by atoms with E-state index >= 15 is 0 Å². The molecule has 0 aromatic rings. The zero-order valence-electron chi connectivity index (χ0n) is 10.00. The van der Waals surface area contributed by atoms with Crippen molar-refractivity contribution >= 4 is 5.97 Å². The number of hydrogen-bond acceptors (Lipinski definition) is 3. The Balaban J connectivity index is 2.13. The smallest absolute Gasteiger partial charge is 0.320 e. The van der Waals surface area contributed by atoms with Crippen LogP contribution in [-0.4, -0.2) is 37.1 Å². The van der Waals surface area contributed by atoms with E-state index in [2.05, 4.69) is 11.8 Å². The molecule has 1 saturated carbocycles. The molecule has 1 fully saturated rings. The first kappa shape index (κ1) is 12.5. The van der Waals surface area contributed by atoms with E-state index in [0.717, 1.165) is 12.8 Å².